The monoisotopic (exact) mass is 270 g/mol. The minimum absolute atomic E-state index is 0.0847. The van der Waals surface area contributed by atoms with Crippen LogP contribution < -0.4 is 5.32 Å². The van der Waals surface area contributed by atoms with Crippen molar-refractivity contribution in [1.82, 2.24) is 0 Å². The van der Waals surface area contributed by atoms with Crippen LogP contribution in [-0.2, 0) is 9.53 Å². The highest BCUT2D eigenvalue weighted by Crippen LogP contribution is 2.27. The fraction of sp³-hybridized carbons (Fsp3) is 0.417. The SMILES string of the molecule is CCOC(=O)CCNc1cc(C)c(F)cc1[N+](=O)[O-]. The van der Waals surface area contributed by atoms with Gasteiger partial charge in [-0.25, -0.2) is 4.39 Å². The third kappa shape index (κ3) is 4.20. The van der Waals surface area contributed by atoms with Crippen LogP contribution in [0.5, 0.6) is 0 Å². The van der Waals surface area contributed by atoms with Crippen LogP contribution in [0.3, 0.4) is 0 Å². The highest BCUT2D eigenvalue weighted by Gasteiger charge is 2.17. The first-order chi connectivity index (χ1) is 8.95. The number of hydrogen-bond acceptors (Lipinski definition) is 5. The molecule has 0 fully saturated rings. The number of carbonyl (C=O) groups is 1. The zero-order chi connectivity index (χ0) is 14.4. The molecule has 0 aromatic heterocycles. The summed E-state index contributed by atoms with van der Waals surface area (Å²) in [5.41, 5.74) is 0.129. The van der Waals surface area contributed by atoms with Crippen LogP contribution in [0.2, 0.25) is 0 Å². The van der Waals surface area contributed by atoms with Gasteiger partial charge in [0.1, 0.15) is 11.5 Å². The van der Waals surface area contributed by atoms with E-state index >= 15 is 0 Å². The van der Waals surface area contributed by atoms with Crippen LogP contribution in [0.15, 0.2) is 12.1 Å². The Morgan fingerprint density at radius 1 is 1.53 bits per heavy atom. The van der Waals surface area contributed by atoms with E-state index in [4.69, 9.17) is 4.74 Å². The average molecular weight is 270 g/mol. The predicted octanol–water partition coefficient (Wildman–Crippen LogP) is 2.41. The van der Waals surface area contributed by atoms with Crippen molar-refractivity contribution in [3.63, 3.8) is 0 Å². The molecule has 1 aromatic rings. The Kier molecular flexibility index (Phi) is 5.23. The number of hydrogen-bond donors (Lipinski definition) is 1. The maximum Gasteiger partial charge on any atom is 0.307 e. The first-order valence-corrected chi connectivity index (χ1v) is 5.79. The van der Waals surface area contributed by atoms with Crippen molar-refractivity contribution in [3.8, 4) is 0 Å². The fourth-order valence-electron chi connectivity index (χ4n) is 1.50. The quantitative estimate of drug-likeness (QED) is 0.487. The number of nitro benzene ring substituents is 1. The molecule has 6 nitrogen and oxygen atoms in total. The van der Waals surface area contributed by atoms with Crippen molar-refractivity contribution in [2.45, 2.75) is 20.3 Å². The number of nitrogens with one attached hydrogen (secondary N) is 1. The zero-order valence-electron chi connectivity index (χ0n) is 10.7. The topological polar surface area (TPSA) is 81.5 Å². The first-order valence-electron chi connectivity index (χ1n) is 5.79. The Labute approximate surface area is 109 Å². The largest absolute Gasteiger partial charge is 0.466 e. The maximum absolute atomic E-state index is 13.3. The molecule has 0 bridgehead atoms. The molecule has 0 unspecified atom stereocenters. The Morgan fingerprint density at radius 3 is 2.79 bits per heavy atom. The molecule has 0 amide bonds. The second-order valence-corrected chi connectivity index (χ2v) is 3.86. The van der Waals surface area contributed by atoms with Crippen molar-refractivity contribution in [3.05, 3.63) is 33.6 Å². The Bertz CT molecular complexity index is 491. The molecule has 1 aromatic carbocycles. The average Bonchev–Trinajstić information content (AvgIpc) is 2.33. The molecule has 19 heavy (non-hydrogen) atoms. The van der Waals surface area contributed by atoms with Crippen molar-refractivity contribution in [1.29, 1.82) is 0 Å². The molecule has 1 rings (SSSR count). The minimum Gasteiger partial charge on any atom is -0.466 e. The third-order valence-corrected chi connectivity index (χ3v) is 2.42. The molecule has 0 radical (unpaired) electrons. The normalized spacial score (nSPS) is 10.1. The number of esters is 1. The van der Waals surface area contributed by atoms with Crippen LogP contribution >= 0.6 is 0 Å². The number of carbonyl (C=O) groups excluding carboxylic acids is 1. The van der Waals surface area contributed by atoms with Crippen LogP contribution in [0, 0.1) is 22.9 Å². The summed E-state index contributed by atoms with van der Waals surface area (Å²) in [6.07, 6.45) is 0.0847. The molecule has 0 atom stereocenters. The standard InChI is InChI=1S/C12H15FN2O4/c1-3-19-12(16)4-5-14-10-6-8(2)9(13)7-11(10)15(17)18/h6-7,14H,3-5H2,1-2H3. The van der Waals surface area contributed by atoms with E-state index < -0.39 is 16.7 Å². The van der Waals surface area contributed by atoms with E-state index in [1.165, 1.54) is 13.0 Å². The molecular formula is C12H15FN2O4. The molecule has 1 N–H and O–H groups in total. The summed E-state index contributed by atoms with van der Waals surface area (Å²) < 4.78 is 18.0. The number of nitrogens with zero attached hydrogens (tertiary/aromatic N) is 1. The lowest BCUT2D eigenvalue weighted by Gasteiger charge is -2.08. The van der Waals surface area contributed by atoms with Gasteiger partial charge in [-0.15, -0.1) is 0 Å². The van der Waals surface area contributed by atoms with Gasteiger partial charge in [-0.1, -0.05) is 0 Å². The minimum atomic E-state index is -0.671. The maximum atomic E-state index is 13.3. The number of nitro groups is 1. The summed E-state index contributed by atoms with van der Waals surface area (Å²) >= 11 is 0. The summed E-state index contributed by atoms with van der Waals surface area (Å²) in [7, 11) is 0. The molecule has 7 heteroatoms. The summed E-state index contributed by atoms with van der Waals surface area (Å²) in [5, 5.41) is 13.5. The van der Waals surface area contributed by atoms with Gasteiger partial charge < -0.3 is 10.1 Å². The molecular weight excluding hydrogens is 255 g/mol. The van der Waals surface area contributed by atoms with Gasteiger partial charge in [-0.2, -0.15) is 0 Å². The van der Waals surface area contributed by atoms with Crippen LogP contribution in [0.1, 0.15) is 18.9 Å². The van der Waals surface area contributed by atoms with Crippen LogP contribution in [0.4, 0.5) is 15.8 Å². The second kappa shape index (κ2) is 6.67. The highest BCUT2D eigenvalue weighted by atomic mass is 19.1. The molecule has 0 spiro atoms. The summed E-state index contributed by atoms with van der Waals surface area (Å²) in [4.78, 5) is 21.2. The second-order valence-electron chi connectivity index (χ2n) is 3.86. The van der Waals surface area contributed by atoms with Gasteiger partial charge in [-0.3, -0.25) is 14.9 Å². The van der Waals surface area contributed by atoms with Crippen molar-refractivity contribution in [2.75, 3.05) is 18.5 Å². The number of rotatable bonds is 6. The molecule has 104 valence electrons. The van der Waals surface area contributed by atoms with E-state index in [1.54, 1.807) is 6.92 Å². The van der Waals surface area contributed by atoms with Gasteiger partial charge in [-0.05, 0) is 25.5 Å². The Balaban J connectivity index is 2.74. The first kappa shape index (κ1) is 14.9. The zero-order valence-corrected chi connectivity index (χ0v) is 10.7. The Hall–Kier alpha value is -2.18. The van der Waals surface area contributed by atoms with Crippen molar-refractivity contribution >= 4 is 17.3 Å². The molecule has 0 saturated heterocycles. The van der Waals surface area contributed by atoms with E-state index in [0.29, 0.717) is 5.56 Å². The number of benzene rings is 1. The fourth-order valence-corrected chi connectivity index (χ4v) is 1.50. The van der Waals surface area contributed by atoms with Gasteiger partial charge >= 0.3 is 5.97 Å². The van der Waals surface area contributed by atoms with E-state index in [0.717, 1.165) is 6.07 Å². The predicted molar refractivity (Wildman–Crippen MR) is 67.5 cm³/mol. The van der Waals surface area contributed by atoms with Gasteiger partial charge in [0.05, 0.1) is 24.0 Å². The lowest BCUT2D eigenvalue weighted by atomic mass is 10.1. The molecule has 0 heterocycles. The Morgan fingerprint density at radius 2 is 2.21 bits per heavy atom. The molecule has 0 aliphatic heterocycles. The van der Waals surface area contributed by atoms with E-state index in [2.05, 4.69) is 5.32 Å². The van der Waals surface area contributed by atoms with Crippen molar-refractivity contribution < 1.29 is 18.8 Å². The van der Waals surface area contributed by atoms with Gasteiger partial charge in [0.25, 0.3) is 5.69 Å². The third-order valence-electron chi connectivity index (χ3n) is 2.42. The van der Waals surface area contributed by atoms with Crippen molar-refractivity contribution in [2.24, 2.45) is 0 Å². The van der Waals surface area contributed by atoms with E-state index in [9.17, 15) is 19.3 Å². The van der Waals surface area contributed by atoms with Gasteiger partial charge in [0, 0.05) is 6.54 Å². The number of aryl methyl sites for hydroxylation is 1. The number of anilines is 1. The molecule has 0 aliphatic carbocycles. The number of halogens is 1. The lowest BCUT2D eigenvalue weighted by molar-refractivity contribution is -0.384. The lowest BCUT2D eigenvalue weighted by Crippen LogP contribution is -2.12. The molecule has 0 saturated carbocycles. The van der Waals surface area contributed by atoms with Crippen LogP contribution in [0.25, 0.3) is 0 Å². The molecule has 0 aliphatic rings. The van der Waals surface area contributed by atoms with Gasteiger partial charge in [0.15, 0.2) is 0 Å². The van der Waals surface area contributed by atoms with Gasteiger partial charge in [0.2, 0.25) is 0 Å². The van der Waals surface area contributed by atoms with E-state index in [1.807, 2.05) is 0 Å². The summed E-state index contributed by atoms with van der Waals surface area (Å²) in [5.74, 6) is -1.03. The highest BCUT2D eigenvalue weighted by molar-refractivity contribution is 5.70. The number of ether oxygens (including phenoxy) is 1. The smallest absolute Gasteiger partial charge is 0.307 e. The summed E-state index contributed by atoms with van der Waals surface area (Å²) in [6.45, 7) is 3.68. The van der Waals surface area contributed by atoms with E-state index in [-0.39, 0.29) is 30.9 Å². The van der Waals surface area contributed by atoms with Crippen LogP contribution in [-0.4, -0.2) is 24.0 Å². The summed E-state index contributed by atoms with van der Waals surface area (Å²) in [6, 6.07) is 2.21.